The zero-order valence-electron chi connectivity index (χ0n) is 14.4. The molecule has 120 valence electrons. The molecule has 0 radical (unpaired) electrons. The van der Waals surface area contributed by atoms with Crippen molar-refractivity contribution in [3.05, 3.63) is 52.9 Å². The average Bonchev–Trinajstić information content (AvgIpc) is 2.53. The molecule has 0 aromatic carbocycles. The van der Waals surface area contributed by atoms with Crippen LogP contribution in [0.15, 0.2) is 36.1 Å². The highest BCUT2D eigenvalue weighted by molar-refractivity contribution is 5.69. The van der Waals surface area contributed by atoms with Gasteiger partial charge in [0.25, 0.3) is 0 Å². The number of rotatable bonds is 10. The molecule has 0 aliphatic carbocycles. The lowest BCUT2D eigenvalue weighted by atomic mass is 9.95. The molecule has 1 aromatic heterocycles. The molecule has 0 aliphatic rings. The molecule has 0 spiro atoms. The molecule has 0 fully saturated rings. The van der Waals surface area contributed by atoms with E-state index in [1.165, 1.54) is 40.6 Å². The minimum Gasteiger partial charge on any atom is -0.309 e. The summed E-state index contributed by atoms with van der Waals surface area (Å²) < 4.78 is 0. The Morgan fingerprint density at radius 1 is 1.23 bits per heavy atom. The number of nitrogens with one attached hydrogen (secondary N) is 1. The molecule has 2 heteroatoms. The molecule has 0 saturated heterocycles. The molecule has 1 aromatic rings. The lowest BCUT2D eigenvalue weighted by Crippen LogP contribution is -2.00. The summed E-state index contributed by atoms with van der Waals surface area (Å²) in [5.41, 5.74) is 6.54. The third-order valence-electron chi connectivity index (χ3n) is 4.02. The summed E-state index contributed by atoms with van der Waals surface area (Å²) >= 11 is 0. The number of pyridine rings is 1. The molecule has 0 atom stereocenters. The van der Waals surface area contributed by atoms with Gasteiger partial charge in [-0.15, -0.1) is 0 Å². The van der Waals surface area contributed by atoms with Gasteiger partial charge in [-0.1, -0.05) is 44.9 Å². The molecule has 0 amide bonds. The smallest absolute Gasteiger partial charge is 0.0403 e. The average molecular weight is 298 g/mol. The van der Waals surface area contributed by atoms with E-state index in [1.54, 1.807) is 0 Å². The highest BCUT2D eigenvalue weighted by atomic mass is 14.7. The second kappa shape index (κ2) is 10.1. The van der Waals surface area contributed by atoms with E-state index in [0.717, 1.165) is 38.5 Å². The predicted molar refractivity (Wildman–Crippen MR) is 96.8 cm³/mol. The van der Waals surface area contributed by atoms with Crippen molar-refractivity contribution in [1.29, 1.82) is 5.41 Å². The lowest BCUT2D eigenvalue weighted by molar-refractivity contribution is 0.833. The van der Waals surface area contributed by atoms with Gasteiger partial charge in [-0.2, -0.15) is 0 Å². The second-order valence-corrected chi connectivity index (χ2v) is 5.82. The third kappa shape index (κ3) is 5.97. The zero-order valence-corrected chi connectivity index (χ0v) is 14.4. The van der Waals surface area contributed by atoms with Crippen molar-refractivity contribution in [3.63, 3.8) is 0 Å². The van der Waals surface area contributed by atoms with Gasteiger partial charge >= 0.3 is 0 Å². The highest BCUT2D eigenvalue weighted by Crippen LogP contribution is 2.20. The normalized spacial score (nSPS) is 11.5. The first-order valence-corrected chi connectivity index (χ1v) is 8.46. The Labute approximate surface area is 135 Å². The van der Waals surface area contributed by atoms with Gasteiger partial charge in [0.05, 0.1) is 0 Å². The van der Waals surface area contributed by atoms with Gasteiger partial charge in [0.1, 0.15) is 0 Å². The molecule has 0 bridgehead atoms. The largest absolute Gasteiger partial charge is 0.309 e. The Balaban J connectivity index is 2.68. The minimum atomic E-state index is 0.912. The number of hydrogen-bond donors (Lipinski definition) is 1. The lowest BCUT2D eigenvalue weighted by Gasteiger charge is -2.12. The van der Waals surface area contributed by atoms with Crippen molar-refractivity contribution >= 4 is 6.21 Å². The molecule has 1 heterocycles. The van der Waals surface area contributed by atoms with E-state index in [2.05, 4.69) is 44.6 Å². The topological polar surface area (TPSA) is 36.7 Å². The maximum atomic E-state index is 7.19. The van der Waals surface area contributed by atoms with E-state index in [-0.39, 0.29) is 0 Å². The molecule has 1 N–H and O–H groups in total. The summed E-state index contributed by atoms with van der Waals surface area (Å²) in [7, 11) is 0. The number of hydrogen-bond acceptors (Lipinski definition) is 2. The predicted octanol–water partition coefficient (Wildman–Crippen LogP) is 5.46. The molecular formula is C20H30N2. The van der Waals surface area contributed by atoms with Gasteiger partial charge in [0, 0.05) is 18.1 Å². The zero-order chi connectivity index (χ0) is 16.4. The molecule has 2 nitrogen and oxygen atoms in total. The number of aryl methyl sites for hydroxylation is 3. The maximum absolute atomic E-state index is 7.19. The Morgan fingerprint density at radius 3 is 2.59 bits per heavy atom. The SMILES string of the molecule is C=C(CCc1cnc(CC)cc1CCC)C/C(=C/C=N)CC. The minimum absolute atomic E-state index is 0.912. The van der Waals surface area contributed by atoms with Crippen LogP contribution in [-0.2, 0) is 19.3 Å². The first-order valence-electron chi connectivity index (χ1n) is 8.46. The fourth-order valence-electron chi connectivity index (χ4n) is 2.64. The van der Waals surface area contributed by atoms with E-state index >= 15 is 0 Å². The van der Waals surface area contributed by atoms with Crippen molar-refractivity contribution in [2.24, 2.45) is 0 Å². The number of allylic oxidation sites excluding steroid dienone is 3. The van der Waals surface area contributed by atoms with Crippen LogP contribution in [0, 0.1) is 5.41 Å². The van der Waals surface area contributed by atoms with Crippen LogP contribution in [0.2, 0.25) is 0 Å². The molecule has 22 heavy (non-hydrogen) atoms. The molecule has 0 aliphatic heterocycles. The highest BCUT2D eigenvalue weighted by Gasteiger charge is 2.06. The van der Waals surface area contributed by atoms with E-state index in [9.17, 15) is 0 Å². The fourth-order valence-corrected chi connectivity index (χ4v) is 2.64. The van der Waals surface area contributed by atoms with Crippen LogP contribution in [0.1, 0.15) is 63.3 Å². The number of aromatic nitrogens is 1. The van der Waals surface area contributed by atoms with E-state index in [4.69, 9.17) is 5.41 Å². The quantitative estimate of drug-likeness (QED) is 0.452. The Hall–Kier alpha value is -1.70. The summed E-state index contributed by atoms with van der Waals surface area (Å²) in [4.78, 5) is 4.55. The van der Waals surface area contributed by atoms with Crippen molar-refractivity contribution in [2.45, 2.75) is 65.7 Å². The Kier molecular flexibility index (Phi) is 8.42. The van der Waals surface area contributed by atoms with Gasteiger partial charge < -0.3 is 5.41 Å². The van der Waals surface area contributed by atoms with Crippen LogP contribution in [-0.4, -0.2) is 11.2 Å². The fraction of sp³-hybridized carbons (Fsp3) is 0.500. The van der Waals surface area contributed by atoms with Crippen LogP contribution in [0.3, 0.4) is 0 Å². The van der Waals surface area contributed by atoms with Gasteiger partial charge in [-0.05, 0) is 61.8 Å². The van der Waals surface area contributed by atoms with Crippen LogP contribution in [0.5, 0.6) is 0 Å². The first-order chi connectivity index (χ1) is 10.6. The standard InChI is InChI=1S/C20H30N2/c1-5-8-18-14-20(7-3)22-15-19(18)10-9-16(4)13-17(6-2)11-12-21/h11-12,14-15,21H,4-10,13H2,1-3H3/b17-11+,21-12?. The second-order valence-electron chi connectivity index (χ2n) is 5.82. The Morgan fingerprint density at radius 2 is 2.00 bits per heavy atom. The van der Waals surface area contributed by atoms with Crippen molar-refractivity contribution in [1.82, 2.24) is 4.98 Å². The molecular weight excluding hydrogens is 268 g/mol. The van der Waals surface area contributed by atoms with Crippen molar-refractivity contribution < 1.29 is 0 Å². The van der Waals surface area contributed by atoms with Crippen molar-refractivity contribution in [2.75, 3.05) is 0 Å². The van der Waals surface area contributed by atoms with E-state index in [0.29, 0.717) is 0 Å². The Bertz CT molecular complexity index is 527. The van der Waals surface area contributed by atoms with Gasteiger partial charge in [0.15, 0.2) is 0 Å². The summed E-state index contributed by atoms with van der Waals surface area (Å²) in [6, 6.07) is 2.27. The first kappa shape index (κ1) is 18.3. The maximum Gasteiger partial charge on any atom is 0.0403 e. The van der Waals surface area contributed by atoms with Gasteiger partial charge in [-0.3, -0.25) is 4.98 Å². The monoisotopic (exact) mass is 298 g/mol. The van der Waals surface area contributed by atoms with Crippen LogP contribution in [0.4, 0.5) is 0 Å². The molecule has 0 unspecified atom stereocenters. The van der Waals surface area contributed by atoms with Crippen molar-refractivity contribution in [3.8, 4) is 0 Å². The van der Waals surface area contributed by atoms with Crippen LogP contribution < -0.4 is 0 Å². The molecule has 0 saturated carbocycles. The van der Waals surface area contributed by atoms with Crippen LogP contribution in [0.25, 0.3) is 0 Å². The summed E-state index contributed by atoms with van der Waals surface area (Å²) in [6.45, 7) is 10.7. The van der Waals surface area contributed by atoms with Crippen LogP contribution >= 0.6 is 0 Å². The van der Waals surface area contributed by atoms with Gasteiger partial charge in [0.2, 0.25) is 0 Å². The van der Waals surface area contributed by atoms with E-state index < -0.39 is 0 Å². The summed E-state index contributed by atoms with van der Waals surface area (Å²) in [5, 5.41) is 7.19. The third-order valence-corrected chi connectivity index (χ3v) is 4.02. The summed E-state index contributed by atoms with van der Waals surface area (Å²) in [6.07, 6.45) is 12.5. The summed E-state index contributed by atoms with van der Waals surface area (Å²) in [5.74, 6) is 0. The van der Waals surface area contributed by atoms with Gasteiger partial charge in [-0.25, -0.2) is 0 Å². The van der Waals surface area contributed by atoms with E-state index in [1.807, 2.05) is 6.08 Å². The number of nitrogens with zero attached hydrogens (tertiary/aromatic N) is 1. The molecule has 1 rings (SSSR count).